The highest BCUT2D eigenvalue weighted by Gasteiger charge is 2.39. The molecule has 1 N–H and O–H groups in total. The molecule has 0 aromatic carbocycles. The summed E-state index contributed by atoms with van der Waals surface area (Å²) < 4.78 is 5.10. The van der Waals surface area contributed by atoms with Crippen molar-refractivity contribution in [3.05, 3.63) is 15.8 Å². The monoisotopic (exact) mass is 461 g/mol. The van der Waals surface area contributed by atoms with Crippen LogP contribution in [0.3, 0.4) is 0 Å². The van der Waals surface area contributed by atoms with Gasteiger partial charge in [0.1, 0.15) is 10.7 Å². The molecule has 0 bridgehead atoms. The zero-order valence-electron chi connectivity index (χ0n) is 19.2. The Hall–Kier alpha value is -1.73. The minimum atomic E-state index is -0.420. The molecule has 1 aromatic heterocycles. The Morgan fingerprint density at radius 2 is 1.75 bits per heavy atom. The Morgan fingerprint density at radius 1 is 1.06 bits per heavy atom. The second kappa shape index (κ2) is 10.0. The molecule has 0 aliphatic heterocycles. The Balaban J connectivity index is 1.69. The van der Waals surface area contributed by atoms with Crippen molar-refractivity contribution < 1.29 is 24.2 Å². The smallest absolute Gasteiger partial charge is 0.350 e. The number of aliphatic hydroxyl groups excluding tert-OH is 1. The Kier molecular flexibility index (Phi) is 7.35. The van der Waals surface area contributed by atoms with Crippen molar-refractivity contribution in [2.24, 2.45) is 11.8 Å². The normalized spacial score (nSPS) is 29.2. The van der Waals surface area contributed by atoms with Gasteiger partial charge in [-0.3, -0.25) is 9.59 Å². The fourth-order valence-electron chi connectivity index (χ4n) is 5.61. The molecule has 4 rings (SSSR count). The maximum atomic E-state index is 13.8. The fraction of sp³-hybridized carbons (Fsp3) is 0.720. The van der Waals surface area contributed by atoms with Gasteiger partial charge in [0.05, 0.1) is 18.9 Å². The lowest BCUT2D eigenvalue weighted by Gasteiger charge is -2.35. The minimum Gasteiger partial charge on any atom is -0.465 e. The van der Waals surface area contributed by atoms with E-state index >= 15 is 0 Å². The van der Waals surface area contributed by atoms with Crippen LogP contribution in [0.25, 0.3) is 0 Å². The lowest BCUT2D eigenvalue weighted by atomic mass is 9.82. The molecule has 0 saturated heterocycles. The van der Waals surface area contributed by atoms with E-state index in [1.54, 1.807) is 0 Å². The summed E-state index contributed by atoms with van der Waals surface area (Å²) >= 11 is 1.41. The molecule has 7 heteroatoms. The van der Waals surface area contributed by atoms with Crippen molar-refractivity contribution in [3.8, 4) is 0 Å². The number of aliphatic hydroxyl groups is 1. The third kappa shape index (κ3) is 4.93. The van der Waals surface area contributed by atoms with Gasteiger partial charge in [-0.1, -0.05) is 6.92 Å². The number of nitrogens with zero attached hydrogens (tertiary/aromatic N) is 1. The number of carbonyl (C=O) groups excluding carboxylic acids is 3. The van der Waals surface area contributed by atoms with Gasteiger partial charge in [-0.05, 0) is 75.7 Å². The number of anilines is 1. The van der Waals surface area contributed by atoms with Crippen LogP contribution in [-0.4, -0.2) is 42.0 Å². The van der Waals surface area contributed by atoms with Crippen LogP contribution < -0.4 is 4.90 Å². The van der Waals surface area contributed by atoms with Gasteiger partial charge in [-0.2, -0.15) is 0 Å². The maximum Gasteiger partial charge on any atom is 0.350 e. The molecule has 1 heterocycles. The summed E-state index contributed by atoms with van der Waals surface area (Å²) in [5.41, 5.74) is 0.650. The molecule has 0 radical (unpaired) electrons. The maximum absolute atomic E-state index is 13.8. The molecule has 6 nitrogen and oxygen atoms in total. The Bertz CT molecular complexity index is 847. The third-order valence-corrected chi connectivity index (χ3v) is 8.92. The summed E-state index contributed by atoms with van der Waals surface area (Å²) in [6, 6.07) is 1.90. The second-order valence-corrected chi connectivity index (χ2v) is 11.0. The number of thiophene rings is 1. The number of ether oxygens (including phenoxy) is 1. The van der Waals surface area contributed by atoms with E-state index in [-0.39, 0.29) is 23.8 Å². The highest BCUT2D eigenvalue weighted by atomic mass is 32.1. The molecular formula is C25H35NO5S. The molecule has 176 valence electrons. The SMILES string of the molecule is COC(=O)c1sc(C2CCC(=O)CC2)cc1N(C(=O)C1CCC(C)CC1)C1CCC(O)C1. The number of amides is 1. The van der Waals surface area contributed by atoms with Crippen LogP contribution in [0.1, 0.15) is 98.0 Å². The minimum absolute atomic E-state index is 0.0370. The molecule has 3 fully saturated rings. The molecule has 3 saturated carbocycles. The Labute approximate surface area is 194 Å². The van der Waals surface area contributed by atoms with Crippen LogP contribution >= 0.6 is 11.3 Å². The number of hydrogen-bond donors (Lipinski definition) is 1. The number of esters is 1. The number of carbonyl (C=O) groups is 3. The molecule has 2 unspecified atom stereocenters. The number of Topliss-reactive ketones (excluding diaryl/α,β-unsaturated/α-hetero) is 1. The van der Waals surface area contributed by atoms with Crippen molar-refractivity contribution in [1.82, 2.24) is 0 Å². The van der Waals surface area contributed by atoms with E-state index in [0.29, 0.717) is 47.9 Å². The Morgan fingerprint density at radius 3 is 2.34 bits per heavy atom. The predicted octanol–water partition coefficient (Wildman–Crippen LogP) is 4.83. The van der Waals surface area contributed by atoms with E-state index in [9.17, 15) is 19.5 Å². The lowest BCUT2D eigenvalue weighted by Crippen LogP contribution is -2.44. The van der Waals surface area contributed by atoms with Crippen molar-refractivity contribution in [2.75, 3.05) is 12.0 Å². The van der Waals surface area contributed by atoms with Gasteiger partial charge in [0.15, 0.2) is 0 Å². The fourth-order valence-corrected chi connectivity index (χ4v) is 6.85. The largest absolute Gasteiger partial charge is 0.465 e. The second-order valence-electron chi connectivity index (χ2n) is 9.95. The molecule has 32 heavy (non-hydrogen) atoms. The van der Waals surface area contributed by atoms with Gasteiger partial charge >= 0.3 is 5.97 Å². The number of hydrogen-bond acceptors (Lipinski definition) is 6. The molecule has 2 atom stereocenters. The van der Waals surface area contributed by atoms with Gasteiger partial charge in [-0.25, -0.2) is 4.79 Å². The summed E-state index contributed by atoms with van der Waals surface area (Å²) in [6.45, 7) is 2.24. The first-order chi connectivity index (χ1) is 15.4. The number of rotatable bonds is 5. The zero-order chi connectivity index (χ0) is 22.8. The van der Waals surface area contributed by atoms with Gasteiger partial charge < -0.3 is 14.7 Å². The average Bonchev–Trinajstić information content (AvgIpc) is 3.41. The van der Waals surface area contributed by atoms with Gasteiger partial charge in [0.25, 0.3) is 0 Å². The van der Waals surface area contributed by atoms with Crippen LogP contribution in [0, 0.1) is 11.8 Å². The quantitative estimate of drug-likeness (QED) is 0.635. The molecule has 3 aliphatic carbocycles. The van der Waals surface area contributed by atoms with Crippen LogP contribution in [-0.2, 0) is 14.3 Å². The summed E-state index contributed by atoms with van der Waals surface area (Å²) in [6.07, 6.45) is 8.11. The highest BCUT2D eigenvalue weighted by molar-refractivity contribution is 7.14. The van der Waals surface area contributed by atoms with E-state index in [1.165, 1.54) is 18.4 Å². The topological polar surface area (TPSA) is 83.9 Å². The highest BCUT2D eigenvalue weighted by Crippen LogP contribution is 2.43. The molecule has 0 spiro atoms. The third-order valence-electron chi connectivity index (χ3n) is 7.65. The van der Waals surface area contributed by atoms with E-state index in [2.05, 4.69) is 6.92 Å². The van der Waals surface area contributed by atoms with Crippen LogP contribution in [0.5, 0.6) is 0 Å². The van der Waals surface area contributed by atoms with Crippen molar-refractivity contribution in [1.29, 1.82) is 0 Å². The number of ketones is 1. The van der Waals surface area contributed by atoms with Gasteiger partial charge in [0, 0.05) is 29.7 Å². The van der Waals surface area contributed by atoms with Crippen molar-refractivity contribution >= 4 is 34.7 Å². The zero-order valence-corrected chi connectivity index (χ0v) is 20.0. The van der Waals surface area contributed by atoms with Gasteiger partial charge in [0.2, 0.25) is 5.91 Å². The van der Waals surface area contributed by atoms with E-state index in [1.807, 2.05) is 11.0 Å². The van der Waals surface area contributed by atoms with Crippen molar-refractivity contribution in [2.45, 2.75) is 95.6 Å². The summed E-state index contributed by atoms with van der Waals surface area (Å²) in [7, 11) is 1.37. The first kappa shape index (κ1) is 23.4. The van der Waals surface area contributed by atoms with Crippen LogP contribution in [0.15, 0.2) is 6.07 Å². The average molecular weight is 462 g/mol. The first-order valence-corrected chi connectivity index (χ1v) is 12.9. The van der Waals surface area contributed by atoms with Gasteiger partial charge in [-0.15, -0.1) is 11.3 Å². The van der Waals surface area contributed by atoms with E-state index in [4.69, 9.17) is 4.74 Å². The summed E-state index contributed by atoms with van der Waals surface area (Å²) in [5, 5.41) is 10.2. The summed E-state index contributed by atoms with van der Waals surface area (Å²) in [4.78, 5) is 41.7. The molecule has 3 aliphatic rings. The number of methoxy groups -OCH3 is 1. The predicted molar refractivity (Wildman–Crippen MR) is 124 cm³/mol. The van der Waals surface area contributed by atoms with Crippen molar-refractivity contribution in [3.63, 3.8) is 0 Å². The van der Waals surface area contributed by atoms with E-state index in [0.717, 1.165) is 49.8 Å². The van der Waals surface area contributed by atoms with Crippen LogP contribution in [0.4, 0.5) is 5.69 Å². The molecule has 1 aromatic rings. The molecular weight excluding hydrogens is 426 g/mol. The first-order valence-electron chi connectivity index (χ1n) is 12.1. The van der Waals surface area contributed by atoms with Crippen LogP contribution in [0.2, 0.25) is 0 Å². The summed E-state index contributed by atoms with van der Waals surface area (Å²) in [5.74, 6) is 0.811. The molecule has 1 amide bonds. The lowest BCUT2D eigenvalue weighted by molar-refractivity contribution is -0.124. The standard InChI is InChI=1S/C25H35NO5S/c1-15-3-5-17(6-4-15)24(29)26(18-9-12-20(28)13-18)21-14-22(32-23(21)25(30)31-2)16-7-10-19(27)11-8-16/h14-18,20,28H,3-13H2,1-2H3. The van der Waals surface area contributed by atoms with E-state index < -0.39 is 12.1 Å².